The molecule has 1 heterocycles. The number of aryl methyl sites for hydroxylation is 1. The molecule has 27 heavy (non-hydrogen) atoms. The third kappa shape index (κ3) is 6.90. The van der Waals surface area contributed by atoms with Crippen molar-refractivity contribution in [3.63, 3.8) is 0 Å². The van der Waals surface area contributed by atoms with Crippen LogP contribution in [0.15, 0.2) is 36.9 Å². The summed E-state index contributed by atoms with van der Waals surface area (Å²) in [6.45, 7) is 1.30. The normalized spacial score (nSPS) is 10.6. The zero-order chi connectivity index (χ0) is 19.6. The number of carboxylic acids is 1. The fourth-order valence-electron chi connectivity index (χ4n) is 2.54. The summed E-state index contributed by atoms with van der Waals surface area (Å²) < 4.78 is 16.0. The molecule has 0 aliphatic carbocycles. The number of benzene rings is 1. The highest BCUT2D eigenvalue weighted by atomic mass is 35.5. The van der Waals surface area contributed by atoms with Crippen LogP contribution in [0.3, 0.4) is 0 Å². The van der Waals surface area contributed by atoms with E-state index >= 15 is 0 Å². The summed E-state index contributed by atoms with van der Waals surface area (Å²) in [6, 6.07) is 4.01. The second-order valence-corrected chi connectivity index (χ2v) is 6.41. The number of carbonyl (C=O) groups is 2. The molecule has 0 radical (unpaired) electrons. The van der Waals surface area contributed by atoms with E-state index in [1.807, 2.05) is 10.8 Å². The molecule has 0 aliphatic heterocycles. The molecule has 0 fully saturated rings. The molecule has 0 saturated heterocycles. The van der Waals surface area contributed by atoms with Crippen LogP contribution < -0.4 is 5.32 Å². The molecular formula is C18H22ClFN4O3. The number of amides is 2. The number of hydrogen-bond acceptors (Lipinski definition) is 3. The summed E-state index contributed by atoms with van der Waals surface area (Å²) in [5, 5.41) is 11.6. The fourth-order valence-corrected chi connectivity index (χ4v) is 2.76. The summed E-state index contributed by atoms with van der Waals surface area (Å²) in [5.41, 5.74) is 0.252. The number of carboxylic acid groups (broad SMARTS) is 1. The van der Waals surface area contributed by atoms with Crippen LogP contribution in [-0.2, 0) is 17.9 Å². The Kier molecular flexibility index (Phi) is 8.06. The molecule has 0 saturated carbocycles. The van der Waals surface area contributed by atoms with Gasteiger partial charge in [-0.2, -0.15) is 0 Å². The first-order valence-electron chi connectivity index (χ1n) is 8.60. The minimum atomic E-state index is -0.917. The predicted molar refractivity (Wildman–Crippen MR) is 98.9 cm³/mol. The van der Waals surface area contributed by atoms with E-state index in [9.17, 15) is 14.0 Å². The number of carbonyl (C=O) groups excluding carboxylic acids is 1. The monoisotopic (exact) mass is 396 g/mol. The molecule has 0 atom stereocenters. The van der Waals surface area contributed by atoms with Crippen LogP contribution in [0.1, 0.15) is 24.8 Å². The average molecular weight is 397 g/mol. The highest BCUT2D eigenvalue weighted by Gasteiger charge is 2.17. The van der Waals surface area contributed by atoms with Gasteiger partial charge in [0, 0.05) is 49.0 Å². The van der Waals surface area contributed by atoms with Gasteiger partial charge in [0.1, 0.15) is 5.82 Å². The van der Waals surface area contributed by atoms with Crippen LogP contribution in [0, 0.1) is 5.82 Å². The molecule has 2 aromatic rings. The largest absolute Gasteiger partial charge is 0.481 e. The minimum Gasteiger partial charge on any atom is -0.481 e. The third-order valence-corrected chi connectivity index (χ3v) is 4.30. The Balaban J connectivity index is 1.98. The second-order valence-electron chi connectivity index (χ2n) is 6.01. The zero-order valence-electron chi connectivity index (χ0n) is 14.8. The van der Waals surface area contributed by atoms with Crippen molar-refractivity contribution in [2.75, 3.05) is 13.1 Å². The average Bonchev–Trinajstić information content (AvgIpc) is 3.13. The quantitative estimate of drug-likeness (QED) is 0.604. The lowest BCUT2D eigenvalue weighted by Gasteiger charge is -2.24. The number of halogens is 2. The molecule has 1 aromatic heterocycles. The highest BCUT2D eigenvalue weighted by Crippen LogP contribution is 2.21. The smallest absolute Gasteiger partial charge is 0.317 e. The van der Waals surface area contributed by atoms with Crippen molar-refractivity contribution in [3.8, 4) is 0 Å². The number of aliphatic carboxylic acids is 1. The van der Waals surface area contributed by atoms with Crippen molar-refractivity contribution in [1.82, 2.24) is 19.8 Å². The van der Waals surface area contributed by atoms with Crippen molar-refractivity contribution < 1.29 is 19.1 Å². The van der Waals surface area contributed by atoms with Gasteiger partial charge < -0.3 is 19.9 Å². The van der Waals surface area contributed by atoms with Gasteiger partial charge in [0.05, 0.1) is 12.9 Å². The molecule has 0 unspecified atom stereocenters. The maximum Gasteiger partial charge on any atom is 0.317 e. The van der Waals surface area contributed by atoms with Crippen LogP contribution in [0.4, 0.5) is 9.18 Å². The number of aromatic nitrogens is 2. The summed E-state index contributed by atoms with van der Waals surface area (Å²) in [6.07, 6.45) is 6.12. The number of rotatable bonds is 10. The molecule has 0 bridgehead atoms. The summed E-state index contributed by atoms with van der Waals surface area (Å²) in [7, 11) is 0. The lowest BCUT2D eigenvalue weighted by molar-refractivity contribution is -0.137. The van der Waals surface area contributed by atoms with Gasteiger partial charge in [-0.15, -0.1) is 0 Å². The van der Waals surface area contributed by atoms with Gasteiger partial charge >= 0.3 is 12.0 Å². The predicted octanol–water partition coefficient (Wildman–Crippen LogP) is 3.14. The topological polar surface area (TPSA) is 87.5 Å². The summed E-state index contributed by atoms with van der Waals surface area (Å²) >= 11 is 6.08. The first kappa shape index (κ1) is 20.7. The number of imidazole rings is 1. The molecule has 0 spiro atoms. The van der Waals surface area contributed by atoms with Crippen molar-refractivity contribution in [1.29, 1.82) is 0 Å². The first-order valence-corrected chi connectivity index (χ1v) is 8.98. The van der Waals surface area contributed by atoms with E-state index in [1.165, 1.54) is 17.0 Å². The Morgan fingerprint density at radius 1 is 1.33 bits per heavy atom. The van der Waals surface area contributed by atoms with Gasteiger partial charge in [-0.25, -0.2) is 14.2 Å². The van der Waals surface area contributed by atoms with Gasteiger partial charge in [-0.1, -0.05) is 17.7 Å². The van der Waals surface area contributed by atoms with E-state index in [0.29, 0.717) is 25.9 Å². The molecule has 2 N–H and O–H groups in total. The van der Waals surface area contributed by atoms with Gasteiger partial charge in [0.15, 0.2) is 0 Å². The molecular weight excluding hydrogens is 375 g/mol. The van der Waals surface area contributed by atoms with Crippen LogP contribution in [0.5, 0.6) is 0 Å². The van der Waals surface area contributed by atoms with Crippen LogP contribution in [-0.4, -0.2) is 44.6 Å². The van der Waals surface area contributed by atoms with Crippen molar-refractivity contribution in [3.05, 3.63) is 53.3 Å². The van der Waals surface area contributed by atoms with Crippen LogP contribution in [0.25, 0.3) is 0 Å². The molecule has 146 valence electrons. The van der Waals surface area contributed by atoms with Gasteiger partial charge in [-0.05, 0) is 25.0 Å². The van der Waals surface area contributed by atoms with Crippen molar-refractivity contribution in [2.24, 2.45) is 0 Å². The lowest BCUT2D eigenvalue weighted by atomic mass is 10.2. The number of urea groups is 1. The van der Waals surface area contributed by atoms with E-state index in [4.69, 9.17) is 16.7 Å². The summed E-state index contributed by atoms with van der Waals surface area (Å²) in [4.78, 5) is 28.5. The number of nitrogens with one attached hydrogen (secondary N) is 1. The highest BCUT2D eigenvalue weighted by molar-refractivity contribution is 6.31. The molecule has 2 amide bonds. The van der Waals surface area contributed by atoms with Crippen molar-refractivity contribution in [2.45, 2.75) is 32.4 Å². The van der Waals surface area contributed by atoms with Crippen molar-refractivity contribution >= 4 is 23.6 Å². The van der Waals surface area contributed by atoms with Crippen LogP contribution >= 0.6 is 11.6 Å². The molecule has 9 heteroatoms. The van der Waals surface area contributed by atoms with E-state index in [-0.39, 0.29) is 36.1 Å². The second kappa shape index (κ2) is 10.5. The number of nitrogens with zero attached hydrogens (tertiary/aromatic N) is 3. The first-order chi connectivity index (χ1) is 13.0. The molecule has 2 rings (SSSR count). The van der Waals surface area contributed by atoms with E-state index in [2.05, 4.69) is 10.3 Å². The molecule has 1 aromatic carbocycles. The SMILES string of the molecule is O=C(O)CCCNC(=O)N(CCCn1ccnc1)Cc1c(F)cccc1Cl. The number of hydrogen-bond donors (Lipinski definition) is 2. The minimum absolute atomic E-state index is 0.0277. The van der Waals surface area contributed by atoms with Gasteiger partial charge in [-0.3, -0.25) is 4.79 Å². The fraction of sp³-hybridized carbons (Fsp3) is 0.389. The van der Waals surface area contributed by atoms with E-state index in [0.717, 1.165) is 0 Å². The Labute approximate surface area is 161 Å². The Hall–Kier alpha value is -2.61. The Morgan fingerprint density at radius 2 is 2.15 bits per heavy atom. The molecule has 0 aliphatic rings. The Bertz CT molecular complexity index is 735. The summed E-state index contributed by atoms with van der Waals surface area (Å²) in [5.74, 6) is -1.39. The standard InChI is InChI=1S/C18H22ClFN4O3/c19-15-4-1-5-16(20)14(15)12-24(10-3-9-23-11-8-21-13-23)18(27)22-7-2-6-17(25)26/h1,4-5,8,11,13H,2-3,6-7,9-10,12H2,(H,22,27)(H,25,26). The Morgan fingerprint density at radius 3 is 2.81 bits per heavy atom. The molecule has 7 nitrogen and oxygen atoms in total. The van der Waals surface area contributed by atoms with E-state index in [1.54, 1.807) is 18.6 Å². The third-order valence-electron chi connectivity index (χ3n) is 3.95. The zero-order valence-corrected chi connectivity index (χ0v) is 15.5. The van der Waals surface area contributed by atoms with Gasteiger partial charge in [0.25, 0.3) is 0 Å². The van der Waals surface area contributed by atoms with Gasteiger partial charge in [0.2, 0.25) is 0 Å². The maximum absolute atomic E-state index is 14.1. The van der Waals surface area contributed by atoms with Crippen LogP contribution in [0.2, 0.25) is 5.02 Å². The maximum atomic E-state index is 14.1. The lowest BCUT2D eigenvalue weighted by Crippen LogP contribution is -2.41. The van der Waals surface area contributed by atoms with E-state index < -0.39 is 11.8 Å².